The van der Waals surface area contributed by atoms with Crippen LogP contribution in [0.3, 0.4) is 0 Å². The van der Waals surface area contributed by atoms with Crippen molar-refractivity contribution in [2.24, 2.45) is 0 Å². The predicted molar refractivity (Wildman–Crippen MR) is 46.6 cm³/mol. The lowest BCUT2D eigenvalue weighted by Crippen LogP contribution is -1.81. The molecule has 60 valence electrons. The number of rotatable bonds is 3. The summed E-state index contributed by atoms with van der Waals surface area (Å²) in [5.41, 5.74) is 0. The summed E-state index contributed by atoms with van der Waals surface area (Å²) in [4.78, 5) is 0. The van der Waals surface area contributed by atoms with Crippen LogP contribution in [0.2, 0.25) is 0 Å². The maximum Gasteiger partial charge on any atom is 0.236 e. The highest BCUT2D eigenvalue weighted by Gasteiger charge is 1.95. The highest BCUT2D eigenvalue weighted by Crippen LogP contribution is 2.25. The van der Waals surface area contributed by atoms with Crippen LogP contribution in [0.5, 0.6) is 5.75 Å². The zero-order valence-corrected chi connectivity index (χ0v) is 7.41. The van der Waals surface area contributed by atoms with Gasteiger partial charge in [-0.05, 0) is 12.1 Å². The summed E-state index contributed by atoms with van der Waals surface area (Å²) in [7, 11) is -1.83. The summed E-state index contributed by atoms with van der Waals surface area (Å²) in [6.07, 6.45) is 0.597. The second-order valence-corrected chi connectivity index (χ2v) is 3.80. The normalized spacial score (nSPS) is 12.5. The van der Waals surface area contributed by atoms with Gasteiger partial charge in [0.25, 0.3) is 0 Å². The van der Waals surface area contributed by atoms with E-state index in [1.807, 2.05) is 25.1 Å². The average molecular weight is 170 g/mol. The molecule has 0 heterocycles. The van der Waals surface area contributed by atoms with Crippen molar-refractivity contribution in [2.75, 3.05) is 6.16 Å². The Balaban J connectivity index is 2.58. The highest BCUT2D eigenvalue weighted by molar-refractivity contribution is 7.39. The van der Waals surface area contributed by atoms with Gasteiger partial charge in [0, 0.05) is 6.16 Å². The molecule has 0 amide bonds. The third-order valence-electron chi connectivity index (χ3n) is 1.26. The maximum atomic E-state index is 10.9. The van der Waals surface area contributed by atoms with E-state index in [0.29, 0.717) is 11.9 Å². The van der Waals surface area contributed by atoms with E-state index >= 15 is 0 Å². The molecule has 0 aliphatic carbocycles. The quantitative estimate of drug-likeness (QED) is 0.651. The Morgan fingerprint density at radius 1 is 1.36 bits per heavy atom. The van der Waals surface area contributed by atoms with Crippen molar-refractivity contribution in [1.29, 1.82) is 0 Å². The summed E-state index contributed by atoms with van der Waals surface area (Å²) in [6.45, 7) is 1.85. The lowest BCUT2D eigenvalue weighted by atomic mass is 10.3. The zero-order valence-electron chi connectivity index (χ0n) is 6.41. The SMILES string of the molecule is CC[PH](=O)Oc1ccccc1. The average Bonchev–Trinajstić information content (AvgIpc) is 2.06. The van der Waals surface area contributed by atoms with Crippen molar-refractivity contribution in [3.05, 3.63) is 30.3 Å². The van der Waals surface area contributed by atoms with Crippen LogP contribution in [0, 0.1) is 0 Å². The van der Waals surface area contributed by atoms with Gasteiger partial charge in [-0.25, -0.2) is 0 Å². The monoisotopic (exact) mass is 170 g/mol. The molecule has 0 aliphatic heterocycles. The molecule has 0 radical (unpaired) electrons. The Kier molecular flexibility index (Phi) is 3.18. The lowest BCUT2D eigenvalue weighted by molar-refractivity contribution is 0.506. The first-order valence-corrected chi connectivity index (χ1v) is 5.11. The van der Waals surface area contributed by atoms with Crippen molar-refractivity contribution in [3.8, 4) is 5.75 Å². The van der Waals surface area contributed by atoms with Crippen molar-refractivity contribution < 1.29 is 9.09 Å². The molecule has 2 nitrogen and oxygen atoms in total. The van der Waals surface area contributed by atoms with Gasteiger partial charge in [0.1, 0.15) is 5.75 Å². The molecular weight excluding hydrogens is 159 g/mol. The summed E-state index contributed by atoms with van der Waals surface area (Å²) in [6, 6.07) is 9.23. The molecule has 1 atom stereocenters. The maximum absolute atomic E-state index is 10.9. The molecule has 0 aliphatic rings. The summed E-state index contributed by atoms with van der Waals surface area (Å²) >= 11 is 0. The number of para-hydroxylation sites is 1. The van der Waals surface area contributed by atoms with Gasteiger partial charge in [0.15, 0.2) is 0 Å². The second-order valence-electron chi connectivity index (χ2n) is 2.14. The Morgan fingerprint density at radius 3 is 2.55 bits per heavy atom. The third-order valence-corrected chi connectivity index (χ3v) is 2.30. The molecule has 0 saturated heterocycles. The van der Waals surface area contributed by atoms with Crippen LogP contribution >= 0.6 is 8.03 Å². The van der Waals surface area contributed by atoms with E-state index in [1.165, 1.54) is 0 Å². The number of hydrogen-bond acceptors (Lipinski definition) is 2. The number of benzene rings is 1. The molecule has 1 unspecified atom stereocenters. The van der Waals surface area contributed by atoms with E-state index in [4.69, 9.17) is 4.52 Å². The fourth-order valence-corrected chi connectivity index (χ4v) is 1.24. The summed E-state index contributed by atoms with van der Waals surface area (Å²) < 4.78 is 16.1. The van der Waals surface area contributed by atoms with Crippen LogP contribution in [0.1, 0.15) is 6.92 Å². The Bertz CT molecular complexity index is 233. The van der Waals surface area contributed by atoms with Gasteiger partial charge in [-0.15, -0.1) is 0 Å². The Morgan fingerprint density at radius 2 is 2.00 bits per heavy atom. The third kappa shape index (κ3) is 2.77. The smallest absolute Gasteiger partial charge is 0.236 e. The summed E-state index contributed by atoms with van der Waals surface area (Å²) in [5.74, 6) is 0.693. The first-order valence-electron chi connectivity index (χ1n) is 3.58. The largest absolute Gasteiger partial charge is 0.445 e. The van der Waals surface area contributed by atoms with Crippen LogP contribution in [0.15, 0.2) is 30.3 Å². The van der Waals surface area contributed by atoms with E-state index in [9.17, 15) is 4.57 Å². The Labute approximate surface area is 67.1 Å². The molecule has 0 bridgehead atoms. The first kappa shape index (κ1) is 8.35. The van der Waals surface area contributed by atoms with Crippen molar-refractivity contribution in [3.63, 3.8) is 0 Å². The van der Waals surface area contributed by atoms with Crippen molar-refractivity contribution in [1.82, 2.24) is 0 Å². The molecule has 0 saturated carbocycles. The van der Waals surface area contributed by atoms with E-state index in [-0.39, 0.29) is 0 Å². The fourth-order valence-electron chi connectivity index (χ4n) is 0.692. The minimum Gasteiger partial charge on any atom is -0.445 e. The van der Waals surface area contributed by atoms with Gasteiger partial charge in [-0.3, -0.25) is 4.57 Å². The minimum atomic E-state index is -1.83. The van der Waals surface area contributed by atoms with Crippen LogP contribution in [-0.4, -0.2) is 6.16 Å². The van der Waals surface area contributed by atoms with Gasteiger partial charge in [-0.1, -0.05) is 25.1 Å². The van der Waals surface area contributed by atoms with Crippen LogP contribution in [-0.2, 0) is 4.57 Å². The van der Waals surface area contributed by atoms with Gasteiger partial charge in [-0.2, -0.15) is 0 Å². The fraction of sp³-hybridized carbons (Fsp3) is 0.250. The Hall–Kier alpha value is -0.750. The lowest BCUT2D eigenvalue weighted by Gasteiger charge is -2.01. The molecule has 0 fully saturated rings. The molecule has 11 heavy (non-hydrogen) atoms. The predicted octanol–water partition coefficient (Wildman–Crippen LogP) is 2.56. The van der Waals surface area contributed by atoms with E-state index < -0.39 is 8.03 Å². The molecule has 0 aromatic heterocycles. The number of hydrogen-bond donors (Lipinski definition) is 0. The standard InChI is InChI=1S/C8H11O2P/c1-2-11(9)10-8-6-4-3-5-7-8/h3-7,11H,2H2,1H3. The van der Waals surface area contributed by atoms with Crippen molar-refractivity contribution >= 4 is 8.03 Å². The summed E-state index contributed by atoms with van der Waals surface area (Å²) in [5, 5.41) is 0. The first-order chi connectivity index (χ1) is 5.33. The molecule has 0 spiro atoms. The molecule has 1 aromatic rings. The van der Waals surface area contributed by atoms with Gasteiger partial charge in [0.05, 0.1) is 0 Å². The van der Waals surface area contributed by atoms with Crippen molar-refractivity contribution in [2.45, 2.75) is 6.92 Å². The van der Waals surface area contributed by atoms with E-state index in [1.54, 1.807) is 12.1 Å². The van der Waals surface area contributed by atoms with Crippen LogP contribution in [0.4, 0.5) is 0 Å². The zero-order chi connectivity index (χ0) is 8.10. The highest BCUT2D eigenvalue weighted by atomic mass is 31.1. The van der Waals surface area contributed by atoms with Crippen LogP contribution < -0.4 is 4.52 Å². The van der Waals surface area contributed by atoms with Gasteiger partial charge < -0.3 is 4.52 Å². The molecule has 3 heteroatoms. The van der Waals surface area contributed by atoms with E-state index in [2.05, 4.69) is 0 Å². The molecular formula is C8H11O2P. The molecule has 1 aromatic carbocycles. The molecule has 1 rings (SSSR count). The van der Waals surface area contributed by atoms with Gasteiger partial charge >= 0.3 is 0 Å². The van der Waals surface area contributed by atoms with Crippen LogP contribution in [0.25, 0.3) is 0 Å². The second kappa shape index (κ2) is 4.20. The molecule has 0 N–H and O–H groups in total. The van der Waals surface area contributed by atoms with E-state index in [0.717, 1.165) is 0 Å². The topological polar surface area (TPSA) is 26.3 Å². The minimum absolute atomic E-state index is 0.597. The van der Waals surface area contributed by atoms with Gasteiger partial charge in [0.2, 0.25) is 8.03 Å².